The fraction of sp³-hybridized carbons (Fsp3) is 0. The van der Waals surface area contributed by atoms with Crippen molar-refractivity contribution in [3.63, 3.8) is 0 Å². The van der Waals surface area contributed by atoms with E-state index in [0.29, 0.717) is 11.3 Å². The quantitative estimate of drug-likeness (QED) is 0.853. The predicted molar refractivity (Wildman–Crippen MR) is 68.6 cm³/mol. The predicted octanol–water partition coefficient (Wildman–Crippen LogP) is 3.78. The van der Waals surface area contributed by atoms with Crippen LogP contribution in [0.5, 0.6) is 0 Å². The summed E-state index contributed by atoms with van der Waals surface area (Å²) in [5.74, 6) is -0.807. The van der Waals surface area contributed by atoms with E-state index in [1.807, 2.05) is 0 Å². The van der Waals surface area contributed by atoms with Crippen molar-refractivity contribution in [3.05, 3.63) is 58.1 Å². The lowest BCUT2D eigenvalue weighted by molar-refractivity contribution is 0.102. The molecule has 92 valence electrons. The van der Waals surface area contributed by atoms with Crippen molar-refractivity contribution in [1.29, 1.82) is 0 Å². The first-order chi connectivity index (χ1) is 8.56. The molecule has 2 rings (SSSR count). The summed E-state index contributed by atoms with van der Waals surface area (Å²) >= 11 is 11.5. The van der Waals surface area contributed by atoms with Gasteiger partial charge in [0.25, 0.3) is 5.91 Å². The number of carbonyl (C=O) groups is 1. The topological polar surface area (TPSA) is 42.0 Å². The maximum Gasteiger partial charge on any atom is 0.255 e. The van der Waals surface area contributed by atoms with Crippen LogP contribution in [0.1, 0.15) is 10.4 Å². The molecule has 0 aliphatic carbocycles. The van der Waals surface area contributed by atoms with E-state index in [4.69, 9.17) is 23.2 Å². The summed E-state index contributed by atoms with van der Waals surface area (Å²) in [6.07, 6.45) is 0. The smallest absolute Gasteiger partial charge is 0.255 e. The highest BCUT2D eigenvalue weighted by atomic mass is 35.5. The summed E-state index contributed by atoms with van der Waals surface area (Å²) in [4.78, 5) is 15.6. The third kappa shape index (κ3) is 2.97. The van der Waals surface area contributed by atoms with Gasteiger partial charge in [-0.3, -0.25) is 4.79 Å². The molecule has 2 aromatic rings. The van der Waals surface area contributed by atoms with Gasteiger partial charge < -0.3 is 5.32 Å². The standard InChI is InChI=1S/C12H7Cl2FN2O/c13-10-6-5-9(11(14)17-10)16-12(18)7-1-3-8(15)4-2-7/h1-6H,(H,16,18). The monoisotopic (exact) mass is 284 g/mol. The Morgan fingerprint density at radius 1 is 1.11 bits per heavy atom. The minimum absolute atomic E-state index is 0.0953. The first-order valence-electron chi connectivity index (χ1n) is 4.95. The van der Waals surface area contributed by atoms with Gasteiger partial charge in [-0.1, -0.05) is 23.2 Å². The van der Waals surface area contributed by atoms with E-state index in [-0.39, 0.29) is 10.3 Å². The van der Waals surface area contributed by atoms with Crippen molar-refractivity contribution in [2.75, 3.05) is 5.32 Å². The Labute approximate surface area is 113 Å². The molecule has 1 N–H and O–H groups in total. The van der Waals surface area contributed by atoms with Gasteiger partial charge in [-0.2, -0.15) is 0 Å². The first kappa shape index (κ1) is 12.8. The minimum atomic E-state index is -0.405. The number of hydrogen-bond donors (Lipinski definition) is 1. The van der Waals surface area contributed by atoms with Crippen LogP contribution in [0.3, 0.4) is 0 Å². The zero-order valence-corrected chi connectivity index (χ0v) is 10.5. The van der Waals surface area contributed by atoms with E-state index < -0.39 is 11.7 Å². The number of nitrogens with one attached hydrogen (secondary N) is 1. The third-order valence-corrected chi connectivity index (χ3v) is 2.67. The normalized spacial score (nSPS) is 10.2. The highest BCUT2D eigenvalue weighted by Gasteiger charge is 2.09. The highest BCUT2D eigenvalue weighted by molar-refractivity contribution is 6.34. The van der Waals surface area contributed by atoms with E-state index in [9.17, 15) is 9.18 Å². The lowest BCUT2D eigenvalue weighted by Gasteiger charge is -2.06. The Morgan fingerprint density at radius 2 is 1.78 bits per heavy atom. The number of nitrogens with zero attached hydrogens (tertiary/aromatic N) is 1. The Hall–Kier alpha value is -1.65. The van der Waals surface area contributed by atoms with Gasteiger partial charge in [-0.05, 0) is 36.4 Å². The van der Waals surface area contributed by atoms with Crippen LogP contribution in [-0.4, -0.2) is 10.9 Å². The zero-order valence-electron chi connectivity index (χ0n) is 8.95. The number of carbonyl (C=O) groups excluding carboxylic acids is 1. The number of hydrogen-bond acceptors (Lipinski definition) is 2. The van der Waals surface area contributed by atoms with E-state index in [1.165, 1.54) is 30.3 Å². The number of pyridine rings is 1. The number of halogens is 3. The summed E-state index contributed by atoms with van der Waals surface area (Å²) in [5.41, 5.74) is 0.665. The first-order valence-corrected chi connectivity index (χ1v) is 5.71. The Kier molecular flexibility index (Phi) is 3.79. The summed E-state index contributed by atoms with van der Waals surface area (Å²) in [6, 6.07) is 8.21. The lowest BCUT2D eigenvalue weighted by atomic mass is 10.2. The Bertz CT molecular complexity index is 587. The molecule has 0 aliphatic heterocycles. The average Bonchev–Trinajstić information content (AvgIpc) is 2.33. The molecule has 1 aromatic heterocycles. The van der Waals surface area contributed by atoms with Crippen LogP contribution in [0.4, 0.5) is 10.1 Å². The van der Waals surface area contributed by atoms with E-state index >= 15 is 0 Å². The van der Waals surface area contributed by atoms with Gasteiger partial charge in [-0.25, -0.2) is 9.37 Å². The second-order valence-corrected chi connectivity index (χ2v) is 4.18. The van der Waals surface area contributed by atoms with E-state index in [1.54, 1.807) is 6.07 Å². The van der Waals surface area contributed by atoms with Gasteiger partial charge in [-0.15, -0.1) is 0 Å². The van der Waals surface area contributed by atoms with Gasteiger partial charge in [0.1, 0.15) is 11.0 Å². The van der Waals surface area contributed by atoms with Crippen molar-refractivity contribution in [2.24, 2.45) is 0 Å². The largest absolute Gasteiger partial charge is 0.319 e. The molecule has 0 saturated heterocycles. The highest BCUT2D eigenvalue weighted by Crippen LogP contribution is 2.22. The molecule has 0 spiro atoms. The summed E-state index contributed by atoms with van der Waals surface area (Å²) in [5, 5.41) is 2.89. The number of aromatic nitrogens is 1. The average molecular weight is 285 g/mol. The molecule has 0 bridgehead atoms. The molecule has 0 radical (unpaired) electrons. The van der Waals surface area contributed by atoms with Crippen LogP contribution < -0.4 is 5.32 Å². The van der Waals surface area contributed by atoms with Crippen LogP contribution in [0.15, 0.2) is 36.4 Å². The Balaban J connectivity index is 2.18. The molecule has 1 aromatic carbocycles. The molecule has 1 amide bonds. The lowest BCUT2D eigenvalue weighted by Crippen LogP contribution is -2.12. The van der Waals surface area contributed by atoms with Gasteiger partial charge in [0.2, 0.25) is 0 Å². The fourth-order valence-electron chi connectivity index (χ4n) is 1.30. The number of benzene rings is 1. The molecule has 6 heteroatoms. The zero-order chi connectivity index (χ0) is 13.1. The van der Waals surface area contributed by atoms with Gasteiger partial charge in [0, 0.05) is 5.56 Å². The van der Waals surface area contributed by atoms with Crippen LogP contribution in [-0.2, 0) is 0 Å². The van der Waals surface area contributed by atoms with E-state index in [2.05, 4.69) is 10.3 Å². The van der Waals surface area contributed by atoms with Crippen molar-refractivity contribution >= 4 is 34.8 Å². The van der Waals surface area contributed by atoms with Crippen molar-refractivity contribution in [3.8, 4) is 0 Å². The van der Waals surface area contributed by atoms with Gasteiger partial charge >= 0.3 is 0 Å². The molecular formula is C12H7Cl2FN2O. The molecule has 0 atom stereocenters. The van der Waals surface area contributed by atoms with E-state index in [0.717, 1.165) is 0 Å². The maximum atomic E-state index is 12.7. The molecule has 18 heavy (non-hydrogen) atoms. The fourth-order valence-corrected chi connectivity index (χ4v) is 1.69. The second-order valence-electron chi connectivity index (χ2n) is 3.43. The Morgan fingerprint density at radius 3 is 2.39 bits per heavy atom. The molecular weight excluding hydrogens is 278 g/mol. The summed E-state index contributed by atoms with van der Waals surface area (Å²) in [7, 11) is 0. The summed E-state index contributed by atoms with van der Waals surface area (Å²) in [6.45, 7) is 0. The molecule has 0 saturated carbocycles. The molecule has 0 fully saturated rings. The molecule has 3 nitrogen and oxygen atoms in total. The van der Waals surface area contributed by atoms with Crippen molar-refractivity contribution in [1.82, 2.24) is 4.98 Å². The number of anilines is 1. The van der Waals surface area contributed by atoms with Crippen LogP contribution in [0.2, 0.25) is 10.3 Å². The maximum absolute atomic E-state index is 12.7. The van der Waals surface area contributed by atoms with Gasteiger partial charge in [0.15, 0.2) is 5.15 Å². The van der Waals surface area contributed by atoms with Crippen LogP contribution in [0.25, 0.3) is 0 Å². The van der Waals surface area contributed by atoms with Crippen LogP contribution in [0, 0.1) is 5.82 Å². The SMILES string of the molecule is O=C(Nc1ccc(Cl)nc1Cl)c1ccc(F)cc1. The van der Waals surface area contributed by atoms with Crippen LogP contribution >= 0.6 is 23.2 Å². The second kappa shape index (κ2) is 5.33. The number of amides is 1. The summed E-state index contributed by atoms with van der Waals surface area (Å²) < 4.78 is 12.7. The molecule has 1 heterocycles. The van der Waals surface area contributed by atoms with Crippen molar-refractivity contribution < 1.29 is 9.18 Å². The van der Waals surface area contributed by atoms with Gasteiger partial charge in [0.05, 0.1) is 5.69 Å². The molecule has 0 unspecified atom stereocenters. The molecule has 0 aliphatic rings. The number of rotatable bonds is 2. The minimum Gasteiger partial charge on any atom is -0.319 e. The third-order valence-electron chi connectivity index (χ3n) is 2.17. The van der Waals surface area contributed by atoms with Crippen molar-refractivity contribution in [2.45, 2.75) is 0 Å².